The molecule has 2 N–H and O–H groups in total. The molecule has 0 radical (unpaired) electrons. The SMILES string of the molecule is CCn1nc(C)c([N+](=O)[O-])c1N1CCC(N)C1C. The summed E-state index contributed by atoms with van der Waals surface area (Å²) in [6.45, 7) is 6.97. The van der Waals surface area contributed by atoms with Crippen LogP contribution >= 0.6 is 0 Å². The summed E-state index contributed by atoms with van der Waals surface area (Å²) >= 11 is 0. The van der Waals surface area contributed by atoms with Gasteiger partial charge in [-0.3, -0.25) is 10.1 Å². The van der Waals surface area contributed by atoms with Crippen LogP contribution in [0.2, 0.25) is 0 Å². The Kier molecular flexibility index (Phi) is 3.25. The largest absolute Gasteiger partial charge is 0.347 e. The van der Waals surface area contributed by atoms with E-state index in [9.17, 15) is 10.1 Å². The quantitative estimate of drug-likeness (QED) is 0.642. The van der Waals surface area contributed by atoms with Gasteiger partial charge in [-0.25, -0.2) is 4.68 Å². The molecule has 0 aromatic carbocycles. The number of aromatic nitrogens is 2. The Hall–Kier alpha value is -1.63. The first-order valence-corrected chi connectivity index (χ1v) is 6.21. The summed E-state index contributed by atoms with van der Waals surface area (Å²) in [5, 5.41) is 15.5. The van der Waals surface area contributed by atoms with Crippen molar-refractivity contribution in [1.82, 2.24) is 9.78 Å². The lowest BCUT2D eigenvalue weighted by Gasteiger charge is -2.24. The van der Waals surface area contributed by atoms with Crippen LogP contribution in [0.15, 0.2) is 0 Å². The van der Waals surface area contributed by atoms with E-state index in [0.717, 1.165) is 13.0 Å². The smallest absolute Gasteiger partial charge is 0.333 e. The minimum atomic E-state index is -0.347. The standard InChI is InChI=1S/C11H19N5O2/c1-4-15-11(10(16(17)18)7(2)13-15)14-6-5-9(12)8(14)3/h8-9H,4-6,12H2,1-3H3. The predicted octanol–water partition coefficient (Wildman–Crippen LogP) is 1.05. The molecule has 2 unspecified atom stereocenters. The van der Waals surface area contributed by atoms with E-state index in [1.54, 1.807) is 11.6 Å². The second kappa shape index (κ2) is 4.56. The highest BCUT2D eigenvalue weighted by atomic mass is 16.6. The van der Waals surface area contributed by atoms with E-state index in [4.69, 9.17) is 5.73 Å². The molecule has 2 heterocycles. The van der Waals surface area contributed by atoms with Gasteiger partial charge in [-0.15, -0.1) is 0 Å². The summed E-state index contributed by atoms with van der Waals surface area (Å²) in [7, 11) is 0. The van der Waals surface area contributed by atoms with E-state index < -0.39 is 0 Å². The molecule has 7 heteroatoms. The Morgan fingerprint density at radius 2 is 2.28 bits per heavy atom. The Balaban J connectivity index is 2.51. The first kappa shape index (κ1) is 12.8. The maximum atomic E-state index is 11.2. The lowest BCUT2D eigenvalue weighted by atomic mass is 10.2. The van der Waals surface area contributed by atoms with Crippen LogP contribution in [0.5, 0.6) is 0 Å². The van der Waals surface area contributed by atoms with Gasteiger partial charge in [0.05, 0.1) is 4.92 Å². The van der Waals surface area contributed by atoms with E-state index in [0.29, 0.717) is 18.1 Å². The molecule has 0 aliphatic carbocycles. The third kappa shape index (κ3) is 1.84. The highest BCUT2D eigenvalue weighted by Crippen LogP contribution is 2.35. The third-order valence-electron chi connectivity index (χ3n) is 3.64. The molecule has 0 spiro atoms. The molecule has 2 atom stereocenters. The van der Waals surface area contributed by atoms with Crippen LogP contribution in [-0.2, 0) is 6.54 Å². The zero-order valence-electron chi connectivity index (χ0n) is 11.0. The van der Waals surface area contributed by atoms with Gasteiger partial charge in [-0.05, 0) is 27.2 Å². The van der Waals surface area contributed by atoms with Gasteiger partial charge in [0.2, 0.25) is 5.82 Å². The van der Waals surface area contributed by atoms with Gasteiger partial charge in [-0.1, -0.05) is 0 Å². The highest BCUT2D eigenvalue weighted by molar-refractivity contribution is 5.62. The summed E-state index contributed by atoms with van der Waals surface area (Å²) in [6, 6.07) is 0.162. The molecular formula is C11H19N5O2. The van der Waals surface area contributed by atoms with Crippen molar-refractivity contribution in [2.24, 2.45) is 5.73 Å². The molecule has 7 nitrogen and oxygen atoms in total. The van der Waals surface area contributed by atoms with Gasteiger partial charge in [0.15, 0.2) is 0 Å². The Morgan fingerprint density at radius 3 is 2.72 bits per heavy atom. The average molecular weight is 253 g/mol. The molecule has 0 amide bonds. The minimum Gasteiger partial charge on any atom is -0.347 e. The number of hydrogen-bond acceptors (Lipinski definition) is 5. The molecule has 100 valence electrons. The van der Waals surface area contributed by atoms with Gasteiger partial charge in [0.1, 0.15) is 5.69 Å². The average Bonchev–Trinajstić information content (AvgIpc) is 2.80. The molecule has 0 saturated carbocycles. The predicted molar refractivity (Wildman–Crippen MR) is 68.7 cm³/mol. The Labute approximate surface area is 106 Å². The molecular weight excluding hydrogens is 234 g/mol. The third-order valence-corrected chi connectivity index (χ3v) is 3.64. The van der Waals surface area contributed by atoms with Crippen molar-refractivity contribution in [3.63, 3.8) is 0 Å². The van der Waals surface area contributed by atoms with Gasteiger partial charge in [0, 0.05) is 25.2 Å². The molecule has 2 rings (SSSR count). The summed E-state index contributed by atoms with van der Waals surface area (Å²) in [4.78, 5) is 12.9. The highest BCUT2D eigenvalue weighted by Gasteiger charge is 2.36. The van der Waals surface area contributed by atoms with Crippen LogP contribution < -0.4 is 10.6 Å². The van der Waals surface area contributed by atoms with Crippen LogP contribution in [-0.4, -0.2) is 33.3 Å². The Morgan fingerprint density at radius 1 is 1.61 bits per heavy atom. The fourth-order valence-electron chi connectivity index (χ4n) is 2.54. The van der Waals surface area contributed by atoms with E-state index in [2.05, 4.69) is 5.10 Å². The lowest BCUT2D eigenvalue weighted by Crippen LogP contribution is -2.38. The van der Waals surface area contributed by atoms with E-state index >= 15 is 0 Å². The second-order valence-electron chi connectivity index (χ2n) is 4.72. The maximum Gasteiger partial charge on any atom is 0.333 e. The van der Waals surface area contributed by atoms with Crippen molar-refractivity contribution in [2.45, 2.75) is 45.8 Å². The molecule has 1 aromatic heterocycles. The zero-order valence-corrected chi connectivity index (χ0v) is 11.0. The molecule has 18 heavy (non-hydrogen) atoms. The normalized spacial score (nSPS) is 23.7. The fraction of sp³-hybridized carbons (Fsp3) is 0.727. The minimum absolute atomic E-state index is 0.0603. The van der Waals surface area contributed by atoms with Crippen molar-refractivity contribution in [1.29, 1.82) is 0 Å². The summed E-state index contributed by atoms with van der Waals surface area (Å²) < 4.78 is 1.70. The lowest BCUT2D eigenvalue weighted by molar-refractivity contribution is -0.384. The van der Waals surface area contributed by atoms with E-state index in [-0.39, 0.29) is 22.7 Å². The Bertz CT molecular complexity index is 470. The van der Waals surface area contributed by atoms with Crippen molar-refractivity contribution >= 4 is 11.5 Å². The number of aryl methyl sites for hydroxylation is 2. The van der Waals surface area contributed by atoms with Crippen LogP contribution in [0.3, 0.4) is 0 Å². The molecule has 0 bridgehead atoms. The number of nitrogens with zero attached hydrogens (tertiary/aromatic N) is 4. The van der Waals surface area contributed by atoms with Gasteiger partial charge in [0.25, 0.3) is 0 Å². The first-order chi connectivity index (χ1) is 8.47. The number of rotatable bonds is 3. The van der Waals surface area contributed by atoms with E-state index in [1.165, 1.54) is 0 Å². The summed E-state index contributed by atoms with van der Waals surface area (Å²) in [5.41, 5.74) is 6.56. The van der Waals surface area contributed by atoms with Crippen molar-refractivity contribution in [2.75, 3.05) is 11.4 Å². The molecule has 1 aliphatic rings. The fourth-order valence-corrected chi connectivity index (χ4v) is 2.54. The van der Waals surface area contributed by atoms with Crippen LogP contribution in [0.1, 0.15) is 26.0 Å². The summed E-state index contributed by atoms with van der Waals surface area (Å²) in [6.07, 6.45) is 0.853. The topological polar surface area (TPSA) is 90.2 Å². The van der Waals surface area contributed by atoms with Gasteiger partial charge < -0.3 is 10.6 Å². The van der Waals surface area contributed by atoms with E-state index in [1.807, 2.05) is 18.7 Å². The van der Waals surface area contributed by atoms with Gasteiger partial charge in [-0.2, -0.15) is 5.10 Å². The van der Waals surface area contributed by atoms with Crippen molar-refractivity contribution in [3.05, 3.63) is 15.8 Å². The van der Waals surface area contributed by atoms with Crippen LogP contribution in [0, 0.1) is 17.0 Å². The van der Waals surface area contributed by atoms with Gasteiger partial charge >= 0.3 is 5.69 Å². The summed E-state index contributed by atoms with van der Waals surface area (Å²) in [5.74, 6) is 0.598. The number of anilines is 1. The maximum absolute atomic E-state index is 11.2. The number of nitrogens with two attached hydrogens (primary N) is 1. The molecule has 1 fully saturated rings. The van der Waals surface area contributed by atoms with Crippen LogP contribution in [0.25, 0.3) is 0 Å². The first-order valence-electron chi connectivity index (χ1n) is 6.21. The van der Waals surface area contributed by atoms with Crippen molar-refractivity contribution in [3.8, 4) is 0 Å². The molecule has 1 saturated heterocycles. The zero-order chi connectivity index (χ0) is 13.4. The monoisotopic (exact) mass is 253 g/mol. The van der Waals surface area contributed by atoms with Crippen LogP contribution in [0.4, 0.5) is 11.5 Å². The molecule has 1 aromatic rings. The molecule has 1 aliphatic heterocycles. The van der Waals surface area contributed by atoms with Crippen molar-refractivity contribution < 1.29 is 4.92 Å². The number of nitro groups is 1. The number of hydrogen-bond donors (Lipinski definition) is 1. The second-order valence-corrected chi connectivity index (χ2v) is 4.72.